The van der Waals surface area contributed by atoms with Gasteiger partial charge in [0.25, 0.3) is 0 Å². The molecule has 1 N–H and O–H groups in total. The number of carbonyl (C=O) groups is 1. The van der Waals surface area contributed by atoms with Gasteiger partial charge < -0.3 is 15.1 Å². The monoisotopic (exact) mass is 514 g/mol. The second-order valence-electron chi connectivity index (χ2n) is 11.3. The second kappa shape index (κ2) is 10.3. The number of pyridine rings is 1. The van der Waals surface area contributed by atoms with E-state index in [9.17, 15) is 18.0 Å². The fourth-order valence-corrected chi connectivity index (χ4v) is 6.58. The van der Waals surface area contributed by atoms with E-state index in [1.165, 1.54) is 17.3 Å². The number of hydrogen-bond acceptors (Lipinski definition) is 4. The first kappa shape index (κ1) is 26.0. The van der Waals surface area contributed by atoms with Crippen molar-refractivity contribution in [1.29, 1.82) is 0 Å². The molecule has 0 radical (unpaired) electrons. The quantitative estimate of drug-likeness (QED) is 0.604. The molecule has 1 amide bonds. The molecule has 1 aliphatic heterocycles. The number of piperazine rings is 1. The van der Waals surface area contributed by atoms with Crippen LogP contribution in [0.15, 0.2) is 42.6 Å². The Balaban J connectivity index is 1.20. The maximum Gasteiger partial charge on any atom is 0.416 e. The molecule has 0 spiro atoms. The molecule has 1 unspecified atom stereocenters. The molecule has 2 aliphatic carbocycles. The van der Waals surface area contributed by atoms with E-state index < -0.39 is 11.7 Å². The third-order valence-electron chi connectivity index (χ3n) is 8.86. The number of fused-ring (bicyclic) bond motifs is 1. The second-order valence-corrected chi connectivity index (χ2v) is 11.3. The van der Waals surface area contributed by atoms with E-state index in [4.69, 9.17) is 0 Å². The van der Waals surface area contributed by atoms with Gasteiger partial charge in [-0.05, 0) is 67.7 Å². The van der Waals surface area contributed by atoms with Crippen LogP contribution in [0.5, 0.6) is 0 Å². The number of alkyl halides is 3. The summed E-state index contributed by atoms with van der Waals surface area (Å²) in [4.78, 5) is 21.9. The number of amides is 1. The van der Waals surface area contributed by atoms with Gasteiger partial charge in [-0.1, -0.05) is 38.1 Å². The van der Waals surface area contributed by atoms with Crippen molar-refractivity contribution in [3.63, 3.8) is 0 Å². The topological polar surface area (TPSA) is 48.5 Å². The number of halogens is 3. The summed E-state index contributed by atoms with van der Waals surface area (Å²) >= 11 is 0. The van der Waals surface area contributed by atoms with Gasteiger partial charge in [-0.3, -0.25) is 4.79 Å². The van der Waals surface area contributed by atoms with Crippen LogP contribution in [0.25, 0.3) is 0 Å². The molecular formula is C29H37F3N4O. The zero-order valence-corrected chi connectivity index (χ0v) is 21.7. The smallest absolute Gasteiger partial charge is 0.353 e. The lowest BCUT2D eigenvalue weighted by Gasteiger charge is -2.42. The Bertz CT molecular complexity index is 1110. The van der Waals surface area contributed by atoms with Crippen molar-refractivity contribution in [2.45, 2.75) is 70.6 Å². The summed E-state index contributed by atoms with van der Waals surface area (Å²) in [7, 11) is 0. The van der Waals surface area contributed by atoms with E-state index in [1.54, 1.807) is 0 Å². The van der Waals surface area contributed by atoms with Crippen molar-refractivity contribution in [2.24, 2.45) is 11.3 Å². The minimum absolute atomic E-state index is 0.206. The van der Waals surface area contributed by atoms with Crippen molar-refractivity contribution < 1.29 is 18.0 Å². The van der Waals surface area contributed by atoms with Crippen LogP contribution in [-0.4, -0.2) is 54.1 Å². The number of aryl methyl sites for hydroxylation is 1. The number of aromatic nitrogens is 1. The lowest BCUT2D eigenvalue weighted by molar-refractivity contribution is -0.145. The molecule has 1 saturated heterocycles. The summed E-state index contributed by atoms with van der Waals surface area (Å²) in [6.45, 7) is 6.28. The highest BCUT2D eigenvalue weighted by Gasteiger charge is 2.49. The molecule has 2 heterocycles. The van der Waals surface area contributed by atoms with E-state index in [1.807, 2.05) is 9.80 Å². The summed E-state index contributed by atoms with van der Waals surface area (Å²) < 4.78 is 39.4. The lowest BCUT2D eigenvalue weighted by atomic mass is 9.74. The fourth-order valence-electron chi connectivity index (χ4n) is 6.58. The molecule has 1 aromatic carbocycles. The number of benzene rings is 1. The zero-order chi connectivity index (χ0) is 26.2. The van der Waals surface area contributed by atoms with Crippen molar-refractivity contribution in [3.05, 3.63) is 59.3 Å². The summed E-state index contributed by atoms with van der Waals surface area (Å²) in [5.41, 5.74) is 1.81. The molecule has 0 bridgehead atoms. The predicted molar refractivity (Wildman–Crippen MR) is 138 cm³/mol. The molecule has 200 valence electrons. The van der Waals surface area contributed by atoms with Crippen LogP contribution in [0.4, 0.5) is 19.0 Å². The van der Waals surface area contributed by atoms with Gasteiger partial charge >= 0.3 is 6.18 Å². The van der Waals surface area contributed by atoms with Gasteiger partial charge in [-0.25, -0.2) is 4.98 Å². The highest BCUT2D eigenvalue weighted by molar-refractivity contribution is 5.84. The molecule has 5 rings (SSSR count). The van der Waals surface area contributed by atoms with Crippen LogP contribution >= 0.6 is 0 Å². The number of hydrogen-bond donors (Lipinski definition) is 1. The Hall–Kier alpha value is -2.61. The van der Waals surface area contributed by atoms with Gasteiger partial charge in [0.2, 0.25) is 5.91 Å². The highest BCUT2D eigenvalue weighted by atomic mass is 19.4. The number of nitrogens with zero attached hydrogens (tertiary/aromatic N) is 3. The van der Waals surface area contributed by atoms with E-state index in [2.05, 4.69) is 48.4 Å². The van der Waals surface area contributed by atoms with E-state index >= 15 is 0 Å². The Kier molecular flexibility index (Phi) is 7.22. The first-order valence-corrected chi connectivity index (χ1v) is 13.6. The molecule has 2 aromatic rings. The summed E-state index contributed by atoms with van der Waals surface area (Å²) in [6.07, 6.45) is 2.79. The number of nitrogens with one attached hydrogen (secondary N) is 1. The van der Waals surface area contributed by atoms with Crippen LogP contribution < -0.4 is 10.2 Å². The van der Waals surface area contributed by atoms with Crippen LogP contribution in [-0.2, 0) is 23.8 Å². The zero-order valence-electron chi connectivity index (χ0n) is 21.7. The molecule has 3 aliphatic rings. The third kappa shape index (κ3) is 5.35. The minimum atomic E-state index is -4.40. The summed E-state index contributed by atoms with van der Waals surface area (Å²) in [5, 5.41) is 3.89. The molecule has 1 saturated carbocycles. The Morgan fingerprint density at radius 2 is 1.78 bits per heavy atom. The Morgan fingerprint density at radius 1 is 1.05 bits per heavy atom. The first-order chi connectivity index (χ1) is 17.7. The lowest BCUT2D eigenvalue weighted by Crippen LogP contribution is -2.54. The summed E-state index contributed by atoms with van der Waals surface area (Å²) in [6, 6.07) is 11.6. The van der Waals surface area contributed by atoms with Crippen molar-refractivity contribution >= 4 is 11.7 Å². The molecule has 2 fully saturated rings. The number of anilines is 1. The highest BCUT2D eigenvalue weighted by Crippen LogP contribution is 2.46. The van der Waals surface area contributed by atoms with Gasteiger partial charge in [0, 0.05) is 44.5 Å². The minimum Gasteiger partial charge on any atom is -0.353 e. The van der Waals surface area contributed by atoms with Crippen LogP contribution in [0.2, 0.25) is 0 Å². The molecular weight excluding hydrogens is 477 g/mol. The summed E-state index contributed by atoms with van der Waals surface area (Å²) in [5.74, 6) is 0.749. The van der Waals surface area contributed by atoms with Crippen LogP contribution in [0, 0.1) is 11.3 Å². The standard InChI is InChI=1S/C29H37F3N4O/c1-20(2)28(11-9-25(19-28)34-24-8-7-21-5-3-4-6-22(21)17-24)27(37)36-15-13-35(14-16-36)26-18-23(10-12-33-26)29(30,31)32/h3-6,10,12,18,20,24-25,34H,7-9,11,13-17,19H2,1-2H3/t24?,25-,28+/m1/s1. The average molecular weight is 515 g/mol. The van der Waals surface area contributed by atoms with E-state index in [0.29, 0.717) is 44.1 Å². The third-order valence-corrected chi connectivity index (χ3v) is 8.86. The van der Waals surface area contributed by atoms with Crippen molar-refractivity contribution in [2.75, 3.05) is 31.1 Å². The van der Waals surface area contributed by atoms with E-state index in [0.717, 1.165) is 50.7 Å². The van der Waals surface area contributed by atoms with Crippen molar-refractivity contribution in [3.8, 4) is 0 Å². The normalized spacial score (nSPS) is 26.4. The van der Waals surface area contributed by atoms with Gasteiger partial charge in [0.15, 0.2) is 0 Å². The average Bonchev–Trinajstić information content (AvgIpc) is 3.33. The maximum atomic E-state index is 13.9. The fraction of sp³-hybridized carbons (Fsp3) is 0.586. The van der Waals surface area contributed by atoms with Gasteiger partial charge in [0.05, 0.1) is 11.0 Å². The molecule has 37 heavy (non-hydrogen) atoms. The molecule has 5 nitrogen and oxygen atoms in total. The van der Waals surface area contributed by atoms with Crippen LogP contribution in [0.1, 0.15) is 56.2 Å². The Labute approximate surface area is 217 Å². The van der Waals surface area contributed by atoms with Gasteiger partial charge in [-0.2, -0.15) is 13.2 Å². The largest absolute Gasteiger partial charge is 0.416 e. The first-order valence-electron chi connectivity index (χ1n) is 13.6. The number of rotatable bonds is 5. The molecule has 8 heteroatoms. The van der Waals surface area contributed by atoms with Gasteiger partial charge in [-0.15, -0.1) is 0 Å². The predicted octanol–water partition coefficient (Wildman–Crippen LogP) is 5.09. The van der Waals surface area contributed by atoms with Gasteiger partial charge in [0.1, 0.15) is 5.82 Å². The molecule has 1 aromatic heterocycles. The molecule has 3 atom stereocenters. The SMILES string of the molecule is CC(C)[C@]1(C(=O)N2CCN(c3cc(C(F)(F)F)ccn3)CC2)CC[C@@H](NC2CCc3ccccc3C2)C1. The maximum absolute atomic E-state index is 13.9. The van der Waals surface area contributed by atoms with E-state index in [-0.39, 0.29) is 17.2 Å². The Morgan fingerprint density at radius 3 is 2.49 bits per heavy atom. The van der Waals surface area contributed by atoms with Crippen molar-refractivity contribution in [1.82, 2.24) is 15.2 Å². The van der Waals surface area contributed by atoms with Crippen LogP contribution in [0.3, 0.4) is 0 Å². The number of carbonyl (C=O) groups excluding carboxylic acids is 1.